The summed E-state index contributed by atoms with van der Waals surface area (Å²) in [6, 6.07) is 10.4. The van der Waals surface area contributed by atoms with Crippen LogP contribution in [-0.2, 0) is 0 Å². The van der Waals surface area contributed by atoms with Gasteiger partial charge < -0.3 is 5.11 Å². The summed E-state index contributed by atoms with van der Waals surface area (Å²) in [6.07, 6.45) is 4.57. The van der Waals surface area contributed by atoms with Gasteiger partial charge in [0.25, 0.3) is 0 Å². The average Bonchev–Trinajstić information content (AvgIpc) is 3.17. The van der Waals surface area contributed by atoms with Gasteiger partial charge in [0, 0.05) is 10.9 Å². The van der Waals surface area contributed by atoms with Gasteiger partial charge in [-0.05, 0) is 37.1 Å². The van der Waals surface area contributed by atoms with Crippen LogP contribution in [0.25, 0.3) is 22.2 Å². The second-order valence-electron chi connectivity index (χ2n) is 6.03. The predicted octanol–water partition coefficient (Wildman–Crippen LogP) is 5.32. The van der Waals surface area contributed by atoms with E-state index in [0.717, 1.165) is 23.7 Å². The molecule has 1 heterocycles. The first-order chi connectivity index (χ1) is 11.1. The molecule has 0 atom stereocenters. The van der Waals surface area contributed by atoms with Gasteiger partial charge in [0.15, 0.2) is 11.6 Å². The lowest BCUT2D eigenvalue weighted by Crippen LogP contribution is -2.06. The van der Waals surface area contributed by atoms with Crippen LogP contribution in [0.1, 0.15) is 31.7 Å². The molecule has 118 valence electrons. The van der Waals surface area contributed by atoms with Crippen LogP contribution in [0.5, 0.6) is 5.75 Å². The smallest absolute Gasteiger partial charge is 0.165 e. The lowest BCUT2D eigenvalue weighted by atomic mass is 10.1. The number of phenols is 1. The number of hydrogen-bond donors (Lipinski definition) is 1. The molecular formula is C18H16ClFN2O. The minimum absolute atomic E-state index is 0.341. The van der Waals surface area contributed by atoms with E-state index >= 15 is 0 Å². The van der Waals surface area contributed by atoms with Crippen molar-refractivity contribution in [2.45, 2.75) is 31.7 Å². The van der Waals surface area contributed by atoms with Crippen LogP contribution in [0.2, 0.25) is 5.02 Å². The molecule has 1 aromatic heterocycles. The van der Waals surface area contributed by atoms with Gasteiger partial charge in [-0.15, -0.1) is 0 Å². The van der Waals surface area contributed by atoms with Crippen molar-refractivity contribution in [2.24, 2.45) is 0 Å². The predicted molar refractivity (Wildman–Crippen MR) is 89.3 cm³/mol. The molecule has 0 amide bonds. The molecule has 0 spiro atoms. The number of fused-ring (bicyclic) bond motifs is 1. The summed E-state index contributed by atoms with van der Waals surface area (Å²) in [5.41, 5.74) is 2.25. The fourth-order valence-electron chi connectivity index (χ4n) is 3.43. The highest BCUT2D eigenvalue weighted by Gasteiger charge is 2.23. The molecule has 0 saturated heterocycles. The van der Waals surface area contributed by atoms with Crippen LogP contribution >= 0.6 is 11.6 Å². The molecule has 1 saturated carbocycles. The van der Waals surface area contributed by atoms with Crippen molar-refractivity contribution in [1.82, 2.24) is 9.78 Å². The fourth-order valence-corrected chi connectivity index (χ4v) is 3.69. The van der Waals surface area contributed by atoms with Gasteiger partial charge in [0.1, 0.15) is 5.69 Å². The largest absolute Gasteiger partial charge is 0.505 e. The SMILES string of the molecule is Oc1ccc(-c2nn(C3CCCC3)c3c(Cl)cccc23)cc1F. The van der Waals surface area contributed by atoms with Crippen molar-refractivity contribution >= 4 is 22.5 Å². The van der Waals surface area contributed by atoms with Crippen molar-refractivity contribution < 1.29 is 9.50 Å². The molecule has 3 aromatic rings. The molecule has 0 aliphatic heterocycles. The Kier molecular flexibility index (Phi) is 3.49. The van der Waals surface area contributed by atoms with Crippen LogP contribution in [0, 0.1) is 5.82 Å². The van der Waals surface area contributed by atoms with Crippen molar-refractivity contribution in [2.75, 3.05) is 0 Å². The van der Waals surface area contributed by atoms with Crippen LogP contribution in [0.15, 0.2) is 36.4 Å². The van der Waals surface area contributed by atoms with Gasteiger partial charge in [-0.1, -0.05) is 36.6 Å². The number of halogens is 2. The van der Waals surface area contributed by atoms with E-state index in [1.165, 1.54) is 25.0 Å². The lowest BCUT2D eigenvalue weighted by molar-refractivity contribution is 0.432. The molecule has 23 heavy (non-hydrogen) atoms. The topological polar surface area (TPSA) is 38.1 Å². The third-order valence-corrected chi connectivity index (χ3v) is 4.88. The van der Waals surface area contributed by atoms with Crippen LogP contribution in [-0.4, -0.2) is 14.9 Å². The number of hydrogen-bond acceptors (Lipinski definition) is 2. The van der Waals surface area contributed by atoms with E-state index in [9.17, 15) is 9.50 Å². The number of rotatable bonds is 2. The number of nitrogens with zero attached hydrogens (tertiary/aromatic N) is 2. The van der Waals surface area contributed by atoms with Gasteiger partial charge in [-0.25, -0.2) is 4.39 Å². The minimum Gasteiger partial charge on any atom is -0.505 e. The lowest BCUT2D eigenvalue weighted by Gasteiger charge is -2.11. The highest BCUT2D eigenvalue weighted by Crippen LogP contribution is 2.38. The summed E-state index contributed by atoms with van der Waals surface area (Å²) in [5.74, 6) is -1.00. The van der Waals surface area contributed by atoms with E-state index in [2.05, 4.69) is 0 Å². The normalized spacial score (nSPS) is 15.6. The van der Waals surface area contributed by atoms with Crippen LogP contribution in [0.3, 0.4) is 0 Å². The molecule has 2 aromatic carbocycles. The third-order valence-electron chi connectivity index (χ3n) is 4.57. The zero-order valence-corrected chi connectivity index (χ0v) is 13.2. The van der Waals surface area contributed by atoms with Crippen molar-refractivity contribution in [3.8, 4) is 17.0 Å². The molecule has 0 unspecified atom stereocenters. The van der Waals surface area contributed by atoms with Crippen LogP contribution < -0.4 is 0 Å². The Balaban J connectivity index is 1.96. The van der Waals surface area contributed by atoms with E-state index in [1.807, 2.05) is 22.9 Å². The molecule has 1 N–H and O–H groups in total. The number of aromatic hydroxyl groups is 1. The van der Waals surface area contributed by atoms with E-state index in [0.29, 0.717) is 22.3 Å². The Labute approximate surface area is 138 Å². The molecule has 1 fully saturated rings. The summed E-state index contributed by atoms with van der Waals surface area (Å²) in [5, 5.41) is 15.7. The Morgan fingerprint density at radius 2 is 1.96 bits per heavy atom. The maximum Gasteiger partial charge on any atom is 0.165 e. The Morgan fingerprint density at radius 3 is 2.70 bits per heavy atom. The standard InChI is InChI=1S/C18H16ClFN2O/c19-14-7-3-6-13-17(11-8-9-16(23)15(20)10-11)21-22(18(13)14)12-4-1-2-5-12/h3,6-10,12,23H,1-2,4-5H2. The van der Waals surface area contributed by atoms with Crippen molar-refractivity contribution in [3.63, 3.8) is 0 Å². The van der Waals surface area contributed by atoms with E-state index in [1.54, 1.807) is 6.07 Å². The summed E-state index contributed by atoms with van der Waals surface area (Å²) >= 11 is 6.42. The number of aromatic nitrogens is 2. The summed E-state index contributed by atoms with van der Waals surface area (Å²) in [7, 11) is 0. The molecule has 0 radical (unpaired) electrons. The summed E-state index contributed by atoms with van der Waals surface area (Å²) in [4.78, 5) is 0. The Bertz CT molecular complexity index is 884. The zero-order valence-electron chi connectivity index (χ0n) is 12.5. The summed E-state index contributed by atoms with van der Waals surface area (Å²) < 4.78 is 15.7. The van der Waals surface area contributed by atoms with E-state index in [-0.39, 0.29) is 5.75 Å². The van der Waals surface area contributed by atoms with Gasteiger partial charge in [0.2, 0.25) is 0 Å². The molecule has 1 aliphatic rings. The van der Waals surface area contributed by atoms with Crippen LogP contribution in [0.4, 0.5) is 4.39 Å². The first-order valence-electron chi connectivity index (χ1n) is 7.81. The second kappa shape index (κ2) is 5.53. The van der Waals surface area contributed by atoms with Gasteiger partial charge in [-0.3, -0.25) is 4.68 Å². The molecule has 5 heteroatoms. The molecule has 3 nitrogen and oxygen atoms in total. The number of phenolic OH excluding ortho intramolecular Hbond substituents is 1. The van der Waals surface area contributed by atoms with Gasteiger partial charge in [-0.2, -0.15) is 5.10 Å². The average molecular weight is 331 g/mol. The van der Waals surface area contributed by atoms with Crippen molar-refractivity contribution in [1.29, 1.82) is 0 Å². The zero-order chi connectivity index (χ0) is 16.0. The Hall–Kier alpha value is -2.07. The maximum absolute atomic E-state index is 13.7. The fraction of sp³-hybridized carbons (Fsp3) is 0.278. The third kappa shape index (κ3) is 2.38. The number of benzene rings is 2. The summed E-state index contributed by atoms with van der Waals surface area (Å²) in [6.45, 7) is 0. The minimum atomic E-state index is -0.645. The van der Waals surface area contributed by atoms with Crippen molar-refractivity contribution in [3.05, 3.63) is 47.2 Å². The quantitative estimate of drug-likeness (QED) is 0.690. The molecule has 4 rings (SSSR count). The van der Waals surface area contributed by atoms with E-state index < -0.39 is 5.82 Å². The Morgan fingerprint density at radius 1 is 1.17 bits per heavy atom. The monoisotopic (exact) mass is 330 g/mol. The number of para-hydroxylation sites is 1. The molecule has 0 bridgehead atoms. The maximum atomic E-state index is 13.7. The van der Waals surface area contributed by atoms with E-state index in [4.69, 9.17) is 16.7 Å². The van der Waals surface area contributed by atoms with Gasteiger partial charge in [0.05, 0.1) is 16.6 Å². The first kappa shape index (κ1) is 14.5. The first-order valence-corrected chi connectivity index (χ1v) is 8.18. The molecule has 1 aliphatic carbocycles. The highest BCUT2D eigenvalue weighted by atomic mass is 35.5. The second-order valence-corrected chi connectivity index (χ2v) is 6.44. The highest BCUT2D eigenvalue weighted by molar-refractivity contribution is 6.35. The molecular weight excluding hydrogens is 315 g/mol. The van der Waals surface area contributed by atoms with Gasteiger partial charge >= 0.3 is 0 Å².